The highest BCUT2D eigenvalue weighted by Gasteiger charge is 2.32. The van der Waals surface area contributed by atoms with Gasteiger partial charge < -0.3 is 24.6 Å². The second kappa shape index (κ2) is 16.9. The van der Waals surface area contributed by atoms with Gasteiger partial charge in [0.15, 0.2) is 6.04 Å². The number of methoxy groups -OCH3 is 1. The Labute approximate surface area is 289 Å². The molecule has 4 aromatic rings. The molecule has 2 N–H and O–H groups in total. The van der Waals surface area contributed by atoms with Crippen LogP contribution in [-0.4, -0.2) is 48.6 Å². The number of ether oxygens (including phenoxy) is 3. The van der Waals surface area contributed by atoms with Crippen LogP contribution in [0.2, 0.25) is 0 Å². The third-order valence-corrected chi connectivity index (χ3v) is 8.84. The molecule has 250 valence electrons. The number of benzene rings is 4. The fourth-order valence-electron chi connectivity index (χ4n) is 5.14. The molecule has 4 aromatic carbocycles. The number of hydrogen-bond acceptors (Lipinski definition) is 6. The molecule has 5 rings (SSSR count). The number of esters is 1. The molecule has 7 nitrogen and oxygen atoms in total. The lowest BCUT2D eigenvalue weighted by Gasteiger charge is -2.26. The Hall–Kier alpha value is -3.71. The minimum Gasteiger partial charge on any atom is -0.497 e. The molecule has 0 bridgehead atoms. The van der Waals surface area contributed by atoms with Crippen LogP contribution in [0.15, 0.2) is 97.1 Å². The van der Waals surface area contributed by atoms with Gasteiger partial charge in [0.05, 0.1) is 18.0 Å². The van der Waals surface area contributed by atoms with Crippen LogP contribution in [0.1, 0.15) is 68.1 Å². The summed E-state index contributed by atoms with van der Waals surface area (Å²) in [5.74, 6) is 0.0921. The fraction of sp³-hybridized carbons (Fsp3) is 0.316. The lowest BCUT2D eigenvalue weighted by atomic mass is 9.98. The molecule has 1 aliphatic carbocycles. The van der Waals surface area contributed by atoms with E-state index in [2.05, 4.69) is 79.0 Å². The van der Waals surface area contributed by atoms with E-state index in [0.717, 1.165) is 28.0 Å². The zero-order chi connectivity index (χ0) is 33.4. The van der Waals surface area contributed by atoms with E-state index in [4.69, 9.17) is 14.2 Å². The first-order valence-corrected chi connectivity index (χ1v) is 16.5. The number of hydrogen-bond donors (Lipinski definition) is 2. The zero-order valence-electron chi connectivity index (χ0n) is 26.7. The van der Waals surface area contributed by atoms with Gasteiger partial charge in [-0.25, -0.2) is 9.59 Å². The summed E-state index contributed by atoms with van der Waals surface area (Å²) < 4.78 is 15.8. The van der Waals surface area contributed by atoms with Crippen LogP contribution < -0.4 is 15.4 Å². The summed E-state index contributed by atoms with van der Waals surface area (Å²) in [4.78, 5) is 24.8. The van der Waals surface area contributed by atoms with Crippen LogP contribution in [0.25, 0.3) is 11.1 Å². The summed E-state index contributed by atoms with van der Waals surface area (Å²) in [6, 6.07) is 31.4. The van der Waals surface area contributed by atoms with Crippen molar-refractivity contribution in [2.75, 3.05) is 13.7 Å². The number of nitrogens with one attached hydrogen (secondary N) is 1. The predicted molar refractivity (Wildman–Crippen MR) is 196 cm³/mol. The van der Waals surface area contributed by atoms with Crippen LogP contribution in [0.5, 0.6) is 5.75 Å². The minimum atomic E-state index is -1.20. The second-order valence-electron chi connectivity index (χ2n) is 12.0. The quantitative estimate of drug-likeness (QED) is 0.109. The highest BCUT2D eigenvalue weighted by atomic mass is 79.9. The minimum absolute atomic E-state index is 0. The lowest BCUT2D eigenvalue weighted by molar-refractivity contribution is -0.160. The van der Waals surface area contributed by atoms with Crippen molar-refractivity contribution in [2.45, 2.75) is 63.6 Å². The summed E-state index contributed by atoms with van der Waals surface area (Å²) in [7, 11) is 4.37. The summed E-state index contributed by atoms with van der Waals surface area (Å²) in [5.41, 5.74) is 6.21. The molecule has 4 atom stereocenters. The Morgan fingerprint density at radius 2 is 1.36 bits per heavy atom. The molecule has 0 heterocycles. The highest BCUT2D eigenvalue weighted by Crippen LogP contribution is 2.44. The zero-order valence-corrected chi connectivity index (χ0v) is 29.4. The Bertz CT molecular complexity index is 1570. The van der Waals surface area contributed by atoms with Gasteiger partial charge in [0, 0.05) is 5.92 Å². The largest absolute Gasteiger partial charge is 0.497 e. The molecular weight excluding hydrogens is 677 g/mol. The molecule has 0 saturated heterocycles. The van der Waals surface area contributed by atoms with Crippen molar-refractivity contribution in [3.63, 3.8) is 0 Å². The molecular formula is C38H45BrNO6P. The number of alkyl carbamates (subject to hydrolysis) is 1. The number of amides is 1. The van der Waals surface area contributed by atoms with Gasteiger partial charge in [-0.05, 0) is 78.5 Å². The maximum Gasteiger partial charge on any atom is 0.407 e. The van der Waals surface area contributed by atoms with Crippen molar-refractivity contribution in [3.8, 4) is 16.9 Å². The Balaban J connectivity index is 0.000000284. The van der Waals surface area contributed by atoms with E-state index in [0.29, 0.717) is 0 Å². The smallest absolute Gasteiger partial charge is 0.407 e. The number of halogens is 1. The van der Waals surface area contributed by atoms with Crippen molar-refractivity contribution in [1.82, 2.24) is 5.32 Å². The number of carbonyl (C=O) groups excluding carboxylic acids is 2. The fourth-order valence-corrected chi connectivity index (χ4v) is 5.94. The van der Waals surface area contributed by atoms with Gasteiger partial charge >= 0.3 is 12.1 Å². The van der Waals surface area contributed by atoms with E-state index in [9.17, 15) is 14.7 Å². The van der Waals surface area contributed by atoms with E-state index < -0.39 is 29.8 Å². The first-order chi connectivity index (χ1) is 21.9. The first kappa shape index (κ1) is 37.7. The third kappa shape index (κ3) is 10.1. The summed E-state index contributed by atoms with van der Waals surface area (Å²) in [6.07, 6.45) is -1.89. The van der Waals surface area contributed by atoms with Crippen molar-refractivity contribution in [2.24, 2.45) is 0 Å². The van der Waals surface area contributed by atoms with Crippen molar-refractivity contribution in [1.29, 1.82) is 0 Å². The predicted octanol–water partition coefficient (Wildman–Crippen LogP) is 7.93. The molecule has 1 aliphatic rings. The standard InChI is InChI=1S/C23H27NO5.C14H14BrOP.CH4/c1-14(25)20(21(26)29-23(2,3)4)24-22(27)28-13-19-17-11-7-5-9-15(17)16-10-6-8-12-18(16)19;1-16-12-6-2-10(3-7-12)14(15)11-4-8-13(17)9-5-11;/h5-12,14,19-20,25H,13H2,1-4H3,(H,24,27);2-9,14H,17H2,1H3;1H4/t14-,20+;;/m1../s1. The van der Waals surface area contributed by atoms with Gasteiger partial charge in [-0.3, -0.25) is 0 Å². The van der Waals surface area contributed by atoms with Gasteiger partial charge in [-0.15, -0.1) is 9.24 Å². The van der Waals surface area contributed by atoms with E-state index in [1.807, 2.05) is 48.5 Å². The molecule has 0 aromatic heterocycles. The van der Waals surface area contributed by atoms with Crippen molar-refractivity contribution in [3.05, 3.63) is 119 Å². The summed E-state index contributed by atoms with van der Waals surface area (Å²) in [5, 5.41) is 13.5. The van der Waals surface area contributed by atoms with Crippen molar-refractivity contribution >= 4 is 42.5 Å². The van der Waals surface area contributed by atoms with Crippen LogP contribution in [0, 0.1) is 0 Å². The molecule has 1 amide bonds. The molecule has 0 fully saturated rings. The number of aliphatic hydroxyl groups excluding tert-OH is 1. The van der Waals surface area contributed by atoms with Gasteiger partial charge in [-0.2, -0.15) is 0 Å². The average molecular weight is 723 g/mol. The van der Waals surface area contributed by atoms with Crippen molar-refractivity contribution < 1.29 is 28.9 Å². The first-order valence-electron chi connectivity index (χ1n) is 15.0. The van der Waals surface area contributed by atoms with Gasteiger partial charge in [0.25, 0.3) is 0 Å². The highest BCUT2D eigenvalue weighted by molar-refractivity contribution is 9.09. The van der Waals surface area contributed by atoms with Crippen LogP contribution in [0.4, 0.5) is 4.79 Å². The van der Waals surface area contributed by atoms with Crippen LogP contribution >= 0.6 is 25.2 Å². The number of aliphatic hydroxyl groups is 1. The number of rotatable bonds is 8. The normalized spacial score (nSPS) is 13.7. The Morgan fingerprint density at radius 1 is 0.872 bits per heavy atom. The summed E-state index contributed by atoms with van der Waals surface area (Å²) in [6.45, 7) is 6.70. The molecule has 0 spiro atoms. The topological polar surface area (TPSA) is 94.1 Å². The van der Waals surface area contributed by atoms with E-state index in [1.54, 1.807) is 27.9 Å². The van der Waals surface area contributed by atoms with Crippen LogP contribution in [0.3, 0.4) is 0 Å². The van der Waals surface area contributed by atoms with Gasteiger partial charge in [0.2, 0.25) is 0 Å². The number of alkyl halides is 1. The SMILES string of the molecule is C.COc1ccc(C(Br)c2ccc(P)cc2)cc1.C[C@@H](O)[C@H](NC(=O)OCC1c2ccccc2-c2ccccc21)C(=O)OC(C)(C)C. The van der Waals surface area contributed by atoms with E-state index in [-0.39, 0.29) is 24.8 Å². The third-order valence-electron chi connectivity index (χ3n) is 7.40. The Morgan fingerprint density at radius 3 is 1.83 bits per heavy atom. The van der Waals surface area contributed by atoms with E-state index in [1.165, 1.54) is 23.4 Å². The molecule has 9 heteroatoms. The van der Waals surface area contributed by atoms with E-state index >= 15 is 0 Å². The average Bonchev–Trinajstić information content (AvgIpc) is 3.35. The molecule has 0 aliphatic heterocycles. The number of carbonyl (C=O) groups is 2. The molecule has 0 saturated carbocycles. The number of fused-ring (bicyclic) bond motifs is 3. The molecule has 2 unspecified atom stereocenters. The maximum absolute atomic E-state index is 12.4. The van der Waals surface area contributed by atoms with Gasteiger partial charge in [-0.1, -0.05) is 108 Å². The monoisotopic (exact) mass is 721 g/mol. The van der Waals surface area contributed by atoms with Gasteiger partial charge in [0.1, 0.15) is 18.0 Å². The Kier molecular flexibility index (Phi) is 13.6. The maximum atomic E-state index is 12.4. The molecule has 0 radical (unpaired) electrons. The molecule has 47 heavy (non-hydrogen) atoms. The lowest BCUT2D eigenvalue weighted by Crippen LogP contribution is -2.50. The second-order valence-corrected chi connectivity index (χ2v) is 13.6. The summed E-state index contributed by atoms with van der Waals surface area (Å²) >= 11 is 3.72. The van der Waals surface area contributed by atoms with Crippen LogP contribution in [-0.2, 0) is 14.3 Å².